The number of aromatic nitrogens is 3. The van der Waals surface area contributed by atoms with Gasteiger partial charge in [-0.3, -0.25) is 4.98 Å². The van der Waals surface area contributed by atoms with Gasteiger partial charge in [-0.15, -0.1) is 0 Å². The Balaban J connectivity index is 1.35. The Morgan fingerprint density at radius 2 is 1.29 bits per heavy atom. The molecule has 2 heterocycles. The third kappa shape index (κ3) is 4.55. The monoisotopic (exact) mass is 621 g/mol. The van der Waals surface area contributed by atoms with E-state index in [2.05, 4.69) is 84.9 Å². The Kier molecular flexibility index (Phi) is 6.89. The fourth-order valence-electron chi connectivity index (χ4n) is 8.22. The van der Waals surface area contributed by atoms with E-state index in [-0.39, 0.29) is 5.75 Å². The third-order valence-corrected chi connectivity index (χ3v) is 10.5. The van der Waals surface area contributed by atoms with Crippen LogP contribution in [0.1, 0.15) is 66.0 Å². The first kappa shape index (κ1) is 28.6. The fourth-order valence-corrected chi connectivity index (χ4v) is 8.22. The van der Waals surface area contributed by atoms with Gasteiger partial charge in [0, 0.05) is 22.7 Å². The number of hydrogen-bond acceptors (Lipinski definition) is 4. The fraction of sp³-hybridized carbons (Fsp3) is 0.159. The highest BCUT2D eigenvalue weighted by Crippen LogP contribution is 2.56. The molecule has 1 saturated carbocycles. The highest BCUT2D eigenvalue weighted by Gasteiger charge is 2.47. The SMILES string of the molecule is Oc1ccccc1-c1cc(C2CCCCC2)cc(C2(c3cccc(-c4ncc5ccccc5n4)c3)c3ccccc3-c3ccccc32)n1. The average Bonchev–Trinajstić information content (AvgIpc) is 3.46. The second kappa shape index (κ2) is 11.6. The summed E-state index contributed by atoms with van der Waals surface area (Å²) in [5.41, 5.74) is 11.0. The second-order valence-corrected chi connectivity index (χ2v) is 13.2. The van der Waals surface area contributed by atoms with Crippen molar-refractivity contribution < 1.29 is 5.11 Å². The molecule has 0 unspecified atom stereocenters. The molecule has 4 heteroatoms. The zero-order valence-electron chi connectivity index (χ0n) is 26.7. The van der Waals surface area contributed by atoms with Crippen molar-refractivity contribution >= 4 is 10.9 Å². The van der Waals surface area contributed by atoms with Gasteiger partial charge in [-0.05, 0) is 88.5 Å². The molecule has 0 spiro atoms. The number of phenolic OH excluding ortho intramolecular Hbond substituents is 1. The summed E-state index contributed by atoms with van der Waals surface area (Å²) in [6.07, 6.45) is 8.00. The van der Waals surface area contributed by atoms with Gasteiger partial charge in [0.25, 0.3) is 0 Å². The number of aromatic hydroxyl groups is 1. The molecule has 2 aliphatic carbocycles. The van der Waals surface area contributed by atoms with Crippen LogP contribution >= 0.6 is 0 Å². The maximum atomic E-state index is 11.1. The molecule has 0 saturated heterocycles. The molecule has 0 amide bonds. The predicted molar refractivity (Wildman–Crippen MR) is 193 cm³/mol. The topological polar surface area (TPSA) is 58.9 Å². The van der Waals surface area contributed by atoms with Gasteiger partial charge in [0.15, 0.2) is 5.82 Å². The summed E-state index contributed by atoms with van der Waals surface area (Å²) in [6.45, 7) is 0. The third-order valence-electron chi connectivity index (χ3n) is 10.5. The first-order chi connectivity index (χ1) is 23.7. The van der Waals surface area contributed by atoms with Crippen LogP contribution in [0.4, 0.5) is 0 Å². The van der Waals surface area contributed by atoms with E-state index in [0.717, 1.165) is 39.0 Å². The van der Waals surface area contributed by atoms with Crippen molar-refractivity contribution in [3.05, 3.63) is 168 Å². The largest absolute Gasteiger partial charge is 0.507 e. The van der Waals surface area contributed by atoms with Crippen LogP contribution in [-0.2, 0) is 5.41 Å². The Morgan fingerprint density at radius 1 is 0.604 bits per heavy atom. The molecule has 232 valence electrons. The molecule has 0 atom stereocenters. The van der Waals surface area contributed by atoms with E-state index in [1.54, 1.807) is 6.07 Å². The Labute approximate surface area is 280 Å². The van der Waals surface area contributed by atoms with Crippen LogP contribution in [0.3, 0.4) is 0 Å². The van der Waals surface area contributed by atoms with Gasteiger partial charge < -0.3 is 5.11 Å². The standard InChI is InChI=1S/C44H35N3O/c48-41-24-11-7-20-36(41)40-26-32(29-13-2-1-3-14-29)27-42(46-40)44(37-21-8-5-18-34(37)35-19-6-9-22-38(35)44)33-17-12-16-30(25-33)43-45-28-31-15-4-10-23-39(31)47-43/h4-12,15-29,48H,1-3,13-14H2. The summed E-state index contributed by atoms with van der Waals surface area (Å²) in [5.74, 6) is 1.39. The lowest BCUT2D eigenvalue weighted by Gasteiger charge is -2.34. The van der Waals surface area contributed by atoms with Crippen molar-refractivity contribution in [2.75, 3.05) is 0 Å². The highest BCUT2D eigenvalue weighted by atomic mass is 16.3. The van der Waals surface area contributed by atoms with Gasteiger partial charge >= 0.3 is 0 Å². The van der Waals surface area contributed by atoms with Crippen LogP contribution in [0.15, 0.2) is 140 Å². The van der Waals surface area contributed by atoms with Crippen molar-refractivity contribution in [2.45, 2.75) is 43.4 Å². The van der Waals surface area contributed by atoms with Gasteiger partial charge in [0.1, 0.15) is 5.75 Å². The van der Waals surface area contributed by atoms with Crippen molar-refractivity contribution in [1.29, 1.82) is 0 Å². The molecule has 2 aromatic heterocycles. The van der Waals surface area contributed by atoms with Gasteiger partial charge in [0.05, 0.1) is 22.3 Å². The van der Waals surface area contributed by atoms with E-state index < -0.39 is 5.41 Å². The normalized spacial score (nSPS) is 15.2. The minimum atomic E-state index is -0.704. The van der Waals surface area contributed by atoms with Crippen LogP contribution in [0.25, 0.3) is 44.7 Å². The number of rotatable bonds is 5. The first-order valence-electron chi connectivity index (χ1n) is 17.0. The second-order valence-electron chi connectivity index (χ2n) is 13.2. The number of nitrogens with zero attached hydrogens (tertiary/aromatic N) is 3. The Hall–Kier alpha value is -5.61. The van der Waals surface area contributed by atoms with Gasteiger partial charge in [-0.2, -0.15) is 0 Å². The maximum Gasteiger partial charge on any atom is 0.159 e. The number of hydrogen-bond donors (Lipinski definition) is 1. The van der Waals surface area contributed by atoms with Crippen molar-refractivity contribution in [1.82, 2.24) is 15.0 Å². The molecule has 4 nitrogen and oxygen atoms in total. The summed E-state index contributed by atoms with van der Waals surface area (Å²) in [5, 5.41) is 12.1. The van der Waals surface area contributed by atoms with E-state index >= 15 is 0 Å². The Bertz CT molecular complexity index is 2270. The maximum absolute atomic E-state index is 11.1. The number of para-hydroxylation sites is 2. The number of pyridine rings is 1. The van der Waals surface area contributed by atoms with Crippen molar-refractivity contribution in [3.63, 3.8) is 0 Å². The van der Waals surface area contributed by atoms with E-state index in [1.807, 2.05) is 48.7 Å². The highest BCUT2D eigenvalue weighted by molar-refractivity contribution is 5.87. The summed E-state index contributed by atoms with van der Waals surface area (Å²) in [7, 11) is 0. The van der Waals surface area contributed by atoms with Gasteiger partial charge in [-0.25, -0.2) is 9.97 Å². The summed E-state index contributed by atoms with van der Waals surface area (Å²) >= 11 is 0. The quantitative estimate of drug-likeness (QED) is 0.208. The van der Waals surface area contributed by atoms with E-state index in [4.69, 9.17) is 15.0 Å². The molecule has 0 bridgehead atoms. The predicted octanol–water partition coefficient (Wildman–Crippen LogP) is 10.5. The molecule has 2 aliphatic rings. The summed E-state index contributed by atoms with van der Waals surface area (Å²) in [6, 6.07) is 46.6. The summed E-state index contributed by atoms with van der Waals surface area (Å²) < 4.78 is 0. The van der Waals surface area contributed by atoms with Crippen LogP contribution in [0.2, 0.25) is 0 Å². The molecule has 5 aromatic carbocycles. The molecule has 48 heavy (non-hydrogen) atoms. The first-order valence-corrected chi connectivity index (χ1v) is 17.0. The molecule has 1 fully saturated rings. The molecule has 1 N–H and O–H groups in total. The van der Waals surface area contributed by atoms with Crippen molar-refractivity contribution in [3.8, 4) is 39.5 Å². The lowest BCUT2D eigenvalue weighted by atomic mass is 9.68. The lowest BCUT2D eigenvalue weighted by Crippen LogP contribution is -2.30. The minimum Gasteiger partial charge on any atom is -0.507 e. The van der Waals surface area contributed by atoms with E-state index in [9.17, 15) is 5.11 Å². The van der Waals surface area contributed by atoms with Crippen LogP contribution in [0.5, 0.6) is 5.75 Å². The van der Waals surface area contributed by atoms with Crippen LogP contribution in [0, 0.1) is 0 Å². The number of benzene rings is 5. The smallest absolute Gasteiger partial charge is 0.159 e. The molecule has 7 aromatic rings. The molecule has 0 radical (unpaired) electrons. The number of phenols is 1. The minimum absolute atomic E-state index is 0.244. The number of fused-ring (bicyclic) bond motifs is 4. The molecular formula is C44H35N3O. The van der Waals surface area contributed by atoms with Crippen LogP contribution < -0.4 is 0 Å². The van der Waals surface area contributed by atoms with E-state index in [0.29, 0.717) is 11.7 Å². The zero-order valence-corrected chi connectivity index (χ0v) is 26.7. The lowest BCUT2D eigenvalue weighted by molar-refractivity contribution is 0.443. The molecular weight excluding hydrogens is 587 g/mol. The Morgan fingerprint density at radius 3 is 2.06 bits per heavy atom. The van der Waals surface area contributed by atoms with Gasteiger partial charge in [0.2, 0.25) is 0 Å². The van der Waals surface area contributed by atoms with E-state index in [1.165, 1.54) is 59.9 Å². The molecule has 0 aliphatic heterocycles. The molecule has 9 rings (SSSR count). The van der Waals surface area contributed by atoms with Crippen molar-refractivity contribution in [2.24, 2.45) is 0 Å². The average molecular weight is 622 g/mol. The van der Waals surface area contributed by atoms with Gasteiger partial charge in [-0.1, -0.05) is 116 Å². The summed E-state index contributed by atoms with van der Waals surface area (Å²) in [4.78, 5) is 15.3. The zero-order chi connectivity index (χ0) is 32.1. The van der Waals surface area contributed by atoms with Crippen LogP contribution in [-0.4, -0.2) is 20.1 Å².